The minimum Gasteiger partial charge on any atom is -0.449 e. The lowest BCUT2D eigenvalue weighted by atomic mass is 10.0. The number of thioether (sulfide) groups is 1. The summed E-state index contributed by atoms with van der Waals surface area (Å²) in [5, 5.41) is 12.7. The molecule has 0 fully saturated rings. The van der Waals surface area contributed by atoms with Gasteiger partial charge in [-0.1, -0.05) is 42.1 Å². The zero-order chi connectivity index (χ0) is 14.1. The van der Waals surface area contributed by atoms with Crippen LogP contribution in [-0.4, -0.2) is 11.2 Å². The number of fused-ring (bicyclic) bond motifs is 1. The SMILES string of the molecule is CSc1oc2ccccc2c1-c1cccc([N+](=O)[O-])c1. The second-order valence-electron chi connectivity index (χ2n) is 4.27. The molecule has 0 saturated carbocycles. The highest BCUT2D eigenvalue weighted by atomic mass is 32.2. The van der Waals surface area contributed by atoms with E-state index in [-0.39, 0.29) is 10.6 Å². The van der Waals surface area contributed by atoms with Gasteiger partial charge in [0.15, 0.2) is 5.09 Å². The topological polar surface area (TPSA) is 56.3 Å². The highest BCUT2D eigenvalue weighted by Gasteiger charge is 2.17. The first-order valence-corrected chi connectivity index (χ1v) is 7.23. The van der Waals surface area contributed by atoms with E-state index < -0.39 is 0 Å². The van der Waals surface area contributed by atoms with Crippen LogP contribution in [0.15, 0.2) is 58.0 Å². The molecule has 1 aromatic heterocycles. The number of nitro benzene ring substituents is 1. The van der Waals surface area contributed by atoms with Crippen LogP contribution in [0.1, 0.15) is 0 Å². The quantitative estimate of drug-likeness (QED) is 0.396. The summed E-state index contributed by atoms with van der Waals surface area (Å²) in [7, 11) is 0. The smallest absolute Gasteiger partial charge is 0.270 e. The van der Waals surface area contributed by atoms with Crippen molar-refractivity contribution in [3.05, 3.63) is 58.6 Å². The number of nitrogens with zero attached hydrogens (tertiary/aromatic N) is 1. The number of non-ortho nitro benzene ring substituents is 1. The van der Waals surface area contributed by atoms with Crippen molar-refractivity contribution in [2.75, 3.05) is 6.26 Å². The monoisotopic (exact) mass is 285 g/mol. The number of hydrogen-bond acceptors (Lipinski definition) is 4. The Bertz CT molecular complexity index is 795. The van der Waals surface area contributed by atoms with Crippen LogP contribution >= 0.6 is 11.8 Å². The van der Waals surface area contributed by atoms with Crippen molar-refractivity contribution in [2.24, 2.45) is 0 Å². The molecule has 0 N–H and O–H groups in total. The summed E-state index contributed by atoms with van der Waals surface area (Å²) in [5.41, 5.74) is 2.59. The van der Waals surface area contributed by atoms with Crippen LogP contribution < -0.4 is 0 Å². The molecule has 0 aliphatic carbocycles. The van der Waals surface area contributed by atoms with Crippen LogP contribution in [0.4, 0.5) is 5.69 Å². The molecule has 0 radical (unpaired) electrons. The summed E-state index contributed by atoms with van der Waals surface area (Å²) in [6.07, 6.45) is 1.93. The van der Waals surface area contributed by atoms with Gasteiger partial charge in [-0.3, -0.25) is 10.1 Å². The second-order valence-corrected chi connectivity index (χ2v) is 5.05. The number of hydrogen-bond donors (Lipinski definition) is 0. The van der Waals surface area contributed by atoms with Gasteiger partial charge in [0.25, 0.3) is 5.69 Å². The van der Waals surface area contributed by atoms with Crippen molar-refractivity contribution in [3.63, 3.8) is 0 Å². The molecule has 3 aromatic rings. The second kappa shape index (κ2) is 5.02. The first-order chi connectivity index (χ1) is 9.70. The Hall–Kier alpha value is -2.27. The molecule has 100 valence electrons. The fraction of sp³-hybridized carbons (Fsp3) is 0.0667. The number of nitro groups is 1. The van der Waals surface area contributed by atoms with E-state index in [0.717, 1.165) is 27.2 Å². The van der Waals surface area contributed by atoms with Gasteiger partial charge in [-0.25, -0.2) is 0 Å². The summed E-state index contributed by atoms with van der Waals surface area (Å²) in [6, 6.07) is 14.3. The Labute approximate surface area is 119 Å². The van der Waals surface area contributed by atoms with Crippen molar-refractivity contribution < 1.29 is 9.34 Å². The zero-order valence-corrected chi connectivity index (χ0v) is 11.5. The average Bonchev–Trinajstić information content (AvgIpc) is 2.85. The van der Waals surface area contributed by atoms with Crippen LogP contribution in [0.5, 0.6) is 0 Å². The maximum absolute atomic E-state index is 10.9. The van der Waals surface area contributed by atoms with E-state index in [0.29, 0.717) is 0 Å². The fourth-order valence-electron chi connectivity index (χ4n) is 2.22. The van der Waals surface area contributed by atoms with E-state index in [2.05, 4.69) is 0 Å². The van der Waals surface area contributed by atoms with Gasteiger partial charge in [0.1, 0.15) is 5.58 Å². The Morgan fingerprint density at radius 3 is 2.70 bits per heavy atom. The summed E-state index contributed by atoms with van der Waals surface area (Å²) >= 11 is 1.49. The minimum absolute atomic E-state index is 0.0832. The lowest BCUT2D eigenvalue weighted by Gasteiger charge is -2.01. The maximum Gasteiger partial charge on any atom is 0.270 e. The molecule has 0 saturated heterocycles. The number of para-hydroxylation sites is 1. The maximum atomic E-state index is 10.9. The van der Waals surface area contributed by atoms with Crippen LogP contribution in [0.25, 0.3) is 22.1 Å². The van der Waals surface area contributed by atoms with Crippen molar-refractivity contribution in [1.29, 1.82) is 0 Å². The molecule has 0 aliphatic rings. The summed E-state index contributed by atoms with van der Waals surface area (Å²) in [4.78, 5) is 10.5. The van der Waals surface area contributed by atoms with E-state index in [1.54, 1.807) is 12.1 Å². The Morgan fingerprint density at radius 2 is 1.95 bits per heavy atom. The van der Waals surface area contributed by atoms with Crippen LogP contribution in [0, 0.1) is 10.1 Å². The molecule has 2 aromatic carbocycles. The van der Waals surface area contributed by atoms with Gasteiger partial charge < -0.3 is 4.42 Å². The summed E-state index contributed by atoms with van der Waals surface area (Å²) in [6.45, 7) is 0. The molecule has 0 bridgehead atoms. The number of benzene rings is 2. The van der Waals surface area contributed by atoms with Crippen LogP contribution in [0.2, 0.25) is 0 Å². The number of furan rings is 1. The van der Waals surface area contributed by atoms with Gasteiger partial charge in [-0.15, -0.1) is 0 Å². The molecule has 0 amide bonds. The molecule has 3 rings (SSSR count). The molecule has 0 unspecified atom stereocenters. The summed E-state index contributed by atoms with van der Waals surface area (Å²) in [5.74, 6) is 0. The van der Waals surface area contributed by atoms with E-state index >= 15 is 0 Å². The fourth-order valence-corrected chi connectivity index (χ4v) is 2.82. The minimum atomic E-state index is -0.384. The van der Waals surface area contributed by atoms with E-state index in [1.807, 2.05) is 36.6 Å². The van der Waals surface area contributed by atoms with Gasteiger partial charge in [-0.05, 0) is 17.9 Å². The molecular weight excluding hydrogens is 274 g/mol. The lowest BCUT2D eigenvalue weighted by Crippen LogP contribution is -1.88. The van der Waals surface area contributed by atoms with Gasteiger partial charge >= 0.3 is 0 Å². The van der Waals surface area contributed by atoms with Gasteiger partial charge in [0.05, 0.1) is 4.92 Å². The van der Waals surface area contributed by atoms with Crippen molar-refractivity contribution in [3.8, 4) is 11.1 Å². The predicted molar refractivity (Wildman–Crippen MR) is 80.1 cm³/mol. The molecule has 20 heavy (non-hydrogen) atoms. The highest BCUT2D eigenvalue weighted by Crippen LogP contribution is 2.40. The largest absolute Gasteiger partial charge is 0.449 e. The van der Waals surface area contributed by atoms with E-state index in [1.165, 1.54) is 17.8 Å². The average molecular weight is 285 g/mol. The lowest BCUT2D eigenvalue weighted by molar-refractivity contribution is -0.384. The molecule has 1 heterocycles. The molecule has 4 nitrogen and oxygen atoms in total. The predicted octanol–water partition coefficient (Wildman–Crippen LogP) is 4.73. The standard InChI is InChI=1S/C15H11NO3S/c1-20-15-14(12-7-2-3-8-13(12)19-15)10-5-4-6-11(9-10)16(17)18/h2-9H,1H3. The first kappa shape index (κ1) is 12.7. The van der Waals surface area contributed by atoms with E-state index in [4.69, 9.17) is 4.42 Å². The number of rotatable bonds is 3. The molecule has 5 heteroatoms. The van der Waals surface area contributed by atoms with Crippen molar-refractivity contribution in [2.45, 2.75) is 5.09 Å². The van der Waals surface area contributed by atoms with Crippen molar-refractivity contribution >= 4 is 28.4 Å². The molecule has 0 aliphatic heterocycles. The Morgan fingerprint density at radius 1 is 1.15 bits per heavy atom. The third-order valence-corrected chi connectivity index (χ3v) is 3.75. The van der Waals surface area contributed by atoms with E-state index in [9.17, 15) is 10.1 Å². The molecule has 0 spiro atoms. The third kappa shape index (κ3) is 2.06. The highest BCUT2D eigenvalue weighted by molar-refractivity contribution is 7.98. The molecular formula is C15H11NO3S. The van der Waals surface area contributed by atoms with Gasteiger partial charge in [0, 0.05) is 23.1 Å². The van der Waals surface area contributed by atoms with Crippen LogP contribution in [-0.2, 0) is 0 Å². The first-order valence-electron chi connectivity index (χ1n) is 6.01. The molecule has 0 atom stereocenters. The summed E-state index contributed by atoms with van der Waals surface area (Å²) < 4.78 is 5.80. The van der Waals surface area contributed by atoms with Crippen molar-refractivity contribution in [1.82, 2.24) is 0 Å². The third-order valence-electron chi connectivity index (χ3n) is 3.09. The van der Waals surface area contributed by atoms with Gasteiger partial charge in [-0.2, -0.15) is 0 Å². The zero-order valence-electron chi connectivity index (χ0n) is 10.7. The van der Waals surface area contributed by atoms with Crippen LogP contribution in [0.3, 0.4) is 0 Å². The Balaban J connectivity index is 2.28. The van der Waals surface area contributed by atoms with Gasteiger partial charge in [0.2, 0.25) is 0 Å². The Kier molecular flexibility index (Phi) is 3.20. The normalized spacial score (nSPS) is 10.8.